The van der Waals surface area contributed by atoms with E-state index in [-0.39, 0.29) is 0 Å². The Morgan fingerprint density at radius 2 is 1.47 bits per heavy atom. The molecule has 17 heavy (non-hydrogen) atoms. The molecule has 4 nitrogen and oxygen atoms in total. The van der Waals surface area contributed by atoms with E-state index in [0.717, 1.165) is 5.69 Å². The van der Waals surface area contributed by atoms with Gasteiger partial charge in [0.05, 0.1) is 11.4 Å². The van der Waals surface area contributed by atoms with Gasteiger partial charge in [-0.05, 0) is 30.5 Å². The topological polar surface area (TPSA) is 51.7 Å². The van der Waals surface area contributed by atoms with Gasteiger partial charge >= 0.3 is 0 Å². The lowest BCUT2D eigenvalue weighted by Gasteiger charge is -1.96. The van der Waals surface area contributed by atoms with Gasteiger partial charge in [0.25, 0.3) is 0 Å². The second-order valence-corrected chi connectivity index (χ2v) is 4.19. The van der Waals surface area contributed by atoms with Crippen molar-refractivity contribution in [1.29, 1.82) is 0 Å². The first kappa shape index (κ1) is 11.6. The maximum atomic E-state index is 10.8. The highest BCUT2D eigenvalue weighted by Gasteiger charge is 1.94. The Morgan fingerprint density at radius 3 is 2.00 bits per heavy atom. The first-order chi connectivity index (χ1) is 8.28. The van der Waals surface area contributed by atoms with Crippen molar-refractivity contribution in [3.8, 4) is 0 Å². The van der Waals surface area contributed by atoms with Gasteiger partial charge in [-0.2, -0.15) is 15.0 Å². The Hall–Kier alpha value is -1.88. The molecule has 0 fully saturated rings. The van der Waals surface area contributed by atoms with E-state index >= 15 is 0 Å². The molecule has 0 aliphatic rings. The largest absolute Gasteiger partial charge is 0.619 e. The first-order valence-corrected chi connectivity index (χ1v) is 6.25. The third-order valence-electron chi connectivity index (χ3n) is 2.14. The third kappa shape index (κ3) is 3.29. The molecule has 1 heterocycles. The van der Waals surface area contributed by atoms with Crippen LogP contribution in [0.15, 0.2) is 63.9 Å². The van der Waals surface area contributed by atoms with Crippen LogP contribution in [0.25, 0.3) is 0 Å². The molecule has 0 radical (unpaired) electrons. The molecule has 5 heteroatoms. The number of thioether (sulfide) groups is 1. The zero-order chi connectivity index (χ0) is 12.1. The maximum Gasteiger partial charge on any atom is 0.182 e. The summed E-state index contributed by atoms with van der Waals surface area (Å²) >= 11 is 1.68. The fourth-order valence-corrected chi connectivity index (χ4v) is 1.64. The molecule has 0 aliphatic carbocycles. The number of benzene rings is 1. The molecule has 0 N–H and O–H groups in total. The van der Waals surface area contributed by atoms with Crippen molar-refractivity contribution in [2.75, 3.05) is 6.26 Å². The minimum Gasteiger partial charge on any atom is -0.619 e. The highest BCUT2D eigenvalue weighted by molar-refractivity contribution is 7.98. The molecule has 0 saturated carbocycles. The number of hydrogen-bond donors (Lipinski definition) is 0. The van der Waals surface area contributed by atoms with Gasteiger partial charge in [-0.1, -0.05) is 0 Å². The Kier molecular flexibility index (Phi) is 3.72. The molecule has 2 aromatic rings. The average Bonchev–Trinajstić information content (AvgIpc) is 2.39. The van der Waals surface area contributed by atoms with Crippen molar-refractivity contribution < 1.29 is 4.73 Å². The summed E-state index contributed by atoms with van der Waals surface area (Å²) in [4.78, 5) is 1.19. The summed E-state index contributed by atoms with van der Waals surface area (Å²) in [6.45, 7) is 0. The molecule has 1 aromatic heterocycles. The number of hydrogen-bond acceptors (Lipinski definition) is 4. The SMILES string of the molecule is CSc1ccc(N=Nc2cc[n+]([O-])cc2)cc1. The minimum absolute atomic E-state index is 0.658. The van der Waals surface area contributed by atoms with Crippen molar-refractivity contribution in [1.82, 2.24) is 0 Å². The van der Waals surface area contributed by atoms with E-state index in [1.165, 1.54) is 17.3 Å². The zero-order valence-corrected chi connectivity index (χ0v) is 10.1. The fourth-order valence-electron chi connectivity index (χ4n) is 1.24. The predicted octanol–water partition coefficient (Wildman–Crippen LogP) is 3.46. The standard InChI is InChI=1S/C12H11N3OS/c1-17-12-4-2-10(3-5-12)13-14-11-6-8-15(16)9-7-11/h2-9H,1H3. The average molecular weight is 245 g/mol. The highest BCUT2D eigenvalue weighted by atomic mass is 32.2. The van der Waals surface area contributed by atoms with Crippen LogP contribution in [0.3, 0.4) is 0 Å². The highest BCUT2D eigenvalue weighted by Crippen LogP contribution is 2.21. The van der Waals surface area contributed by atoms with Crippen LogP contribution in [-0.4, -0.2) is 6.26 Å². The molecule has 0 amide bonds. The molecule has 0 unspecified atom stereocenters. The Labute approximate surface area is 104 Å². The van der Waals surface area contributed by atoms with Gasteiger partial charge < -0.3 is 5.21 Å². The summed E-state index contributed by atoms with van der Waals surface area (Å²) in [6, 6.07) is 11.0. The van der Waals surface area contributed by atoms with Gasteiger partial charge in [0.1, 0.15) is 0 Å². The first-order valence-electron chi connectivity index (χ1n) is 5.02. The third-order valence-corrected chi connectivity index (χ3v) is 2.88. The Morgan fingerprint density at radius 1 is 0.941 bits per heavy atom. The van der Waals surface area contributed by atoms with Crippen molar-refractivity contribution in [3.05, 3.63) is 54.0 Å². The van der Waals surface area contributed by atoms with Gasteiger partial charge in [0, 0.05) is 17.0 Å². The molecule has 2 rings (SSSR count). The molecule has 86 valence electrons. The van der Waals surface area contributed by atoms with Crippen LogP contribution >= 0.6 is 11.8 Å². The number of aromatic nitrogens is 1. The minimum atomic E-state index is 0.658. The molecule has 0 bridgehead atoms. The molecule has 0 atom stereocenters. The van der Waals surface area contributed by atoms with Crippen molar-refractivity contribution in [2.45, 2.75) is 4.90 Å². The van der Waals surface area contributed by atoms with Crippen molar-refractivity contribution in [2.24, 2.45) is 10.2 Å². The normalized spacial score (nSPS) is 10.9. The van der Waals surface area contributed by atoms with Crippen LogP contribution in [0.4, 0.5) is 11.4 Å². The summed E-state index contributed by atoms with van der Waals surface area (Å²) < 4.78 is 0.715. The Bertz CT molecular complexity index is 508. The summed E-state index contributed by atoms with van der Waals surface area (Å²) in [5.41, 5.74) is 1.45. The summed E-state index contributed by atoms with van der Waals surface area (Å²) in [5.74, 6) is 0. The smallest absolute Gasteiger partial charge is 0.182 e. The number of nitrogens with zero attached hydrogens (tertiary/aromatic N) is 3. The molecule has 1 aromatic carbocycles. The fraction of sp³-hybridized carbons (Fsp3) is 0.0833. The quantitative estimate of drug-likeness (QED) is 0.360. The van der Waals surface area contributed by atoms with Gasteiger partial charge in [-0.25, -0.2) is 0 Å². The molecule has 0 spiro atoms. The number of azo groups is 1. The van der Waals surface area contributed by atoms with Crippen molar-refractivity contribution in [3.63, 3.8) is 0 Å². The molecule has 0 saturated heterocycles. The second kappa shape index (κ2) is 5.45. The van der Waals surface area contributed by atoms with Gasteiger partial charge in [0.2, 0.25) is 0 Å². The van der Waals surface area contributed by atoms with Gasteiger partial charge in [-0.3, -0.25) is 0 Å². The van der Waals surface area contributed by atoms with Crippen molar-refractivity contribution >= 4 is 23.1 Å². The van der Waals surface area contributed by atoms with Crippen LogP contribution in [0.2, 0.25) is 0 Å². The van der Waals surface area contributed by atoms with E-state index in [9.17, 15) is 5.21 Å². The van der Waals surface area contributed by atoms with Gasteiger partial charge in [0.15, 0.2) is 12.4 Å². The van der Waals surface area contributed by atoms with E-state index in [1.807, 2.05) is 30.5 Å². The van der Waals surface area contributed by atoms with Crippen LogP contribution in [0, 0.1) is 5.21 Å². The molecular formula is C12H11N3OS. The van der Waals surface area contributed by atoms with Crippen LogP contribution < -0.4 is 4.73 Å². The number of pyridine rings is 1. The van der Waals surface area contributed by atoms with Gasteiger partial charge in [-0.15, -0.1) is 11.8 Å². The number of rotatable bonds is 3. The monoisotopic (exact) mass is 245 g/mol. The second-order valence-electron chi connectivity index (χ2n) is 3.31. The summed E-state index contributed by atoms with van der Waals surface area (Å²) in [6.07, 6.45) is 4.81. The lowest BCUT2D eigenvalue weighted by atomic mass is 10.3. The predicted molar refractivity (Wildman–Crippen MR) is 67.8 cm³/mol. The van der Waals surface area contributed by atoms with E-state index in [0.29, 0.717) is 10.4 Å². The van der Waals surface area contributed by atoms with E-state index in [2.05, 4.69) is 10.2 Å². The summed E-state index contributed by atoms with van der Waals surface area (Å²) in [5, 5.41) is 18.9. The van der Waals surface area contributed by atoms with Crippen LogP contribution in [0.5, 0.6) is 0 Å². The maximum absolute atomic E-state index is 10.8. The Balaban J connectivity index is 2.11. The van der Waals surface area contributed by atoms with E-state index in [1.54, 1.807) is 23.9 Å². The molecule has 0 aliphatic heterocycles. The lowest BCUT2D eigenvalue weighted by Crippen LogP contribution is -2.22. The summed E-state index contributed by atoms with van der Waals surface area (Å²) in [7, 11) is 0. The van der Waals surface area contributed by atoms with Crippen LogP contribution in [-0.2, 0) is 0 Å². The van der Waals surface area contributed by atoms with E-state index < -0.39 is 0 Å². The zero-order valence-electron chi connectivity index (χ0n) is 9.28. The van der Waals surface area contributed by atoms with Crippen LogP contribution in [0.1, 0.15) is 0 Å². The molecular weight excluding hydrogens is 234 g/mol. The van der Waals surface area contributed by atoms with E-state index in [4.69, 9.17) is 0 Å². The lowest BCUT2D eigenvalue weighted by molar-refractivity contribution is -0.605.